The van der Waals surface area contributed by atoms with Crippen molar-refractivity contribution in [3.8, 4) is 0 Å². The van der Waals surface area contributed by atoms with Crippen LogP contribution in [0, 0.1) is 0 Å². The smallest absolute Gasteiger partial charge is 0.137 e. The third-order valence-electron chi connectivity index (χ3n) is 4.32. The summed E-state index contributed by atoms with van der Waals surface area (Å²) in [6.45, 7) is 5.31. The van der Waals surface area contributed by atoms with E-state index in [1.54, 1.807) is 6.33 Å². The van der Waals surface area contributed by atoms with E-state index >= 15 is 0 Å². The molecule has 2 aromatic rings. The molecule has 22 heavy (non-hydrogen) atoms. The predicted molar refractivity (Wildman–Crippen MR) is 88.8 cm³/mol. The van der Waals surface area contributed by atoms with Crippen LogP contribution in [0.2, 0.25) is 0 Å². The molecule has 0 bridgehead atoms. The average Bonchev–Trinajstić information content (AvgIpc) is 3.19. The van der Waals surface area contributed by atoms with Crippen molar-refractivity contribution in [2.24, 2.45) is 0 Å². The number of hydrogen-bond acceptors (Lipinski definition) is 5. The van der Waals surface area contributed by atoms with Gasteiger partial charge < -0.3 is 0 Å². The van der Waals surface area contributed by atoms with E-state index in [1.807, 2.05) is 22.3 Å². The number of likely N-dealkylation sites (tertiary alicyclic amines) is 1. The van der Waals surface area contributed by atoms with Crippen molar-refractivity contribution in [3.05, 3.63) is 28.7 Å². The van der Waals surface area contributed by atoms with Crippen molar-refractivity contribution in [2.45, 2.75) is 64.6 Å². The fourth-order valence-corrected chi connectivity index (χ4v) is 3.92. The fraction of sp³-hybridized carbons (Fsp3) is 0.688. The molecule has 0 aliphatic carbocycles. The Labute approximate surface area is 136 Å². The van der Waals surface area contributed by atoms with Gasteiger partial charge in [-0.3, -0.25) is 9.58 Å². The Bertz CT molecular complexity index is 551. The lowest BCUT2D eigenvalue weighted by Gasteiger charge is -2.35. The molecule has 2 aromatic heterocycles. The molecule has 0 radical (unpaired) electrons. The Morgan fingerprint density at radius 3 is 3.14 bits per heavy atom. The fourth-order valence-electron chi connectivity index (χ4n) is 3.09. The molecular formula is C16H25N5S. The van der Waals surface area contributed by atoms with Crippen molar-refractivity contribution < 1.29 is 0 Å². The second-order valence-electron chi connectivity index (χ2n) is 6.07. The van der Waals surface area contributed by atoms with Crippen LogP contribution in [0.5, 0.6) is 0 Å². The molecule has 3 heterocycles. The second kappa shape index (κ2) is 7.83. The van der Waals surface area contributed by atoms with Crippen LogP contribution in [0.3, 0.4) is 0 Å². The summed E-state index contributed by atoms with van der Waals surface area (Å²) in [5.74, 6) is 0. The third-order valence-corrected chi connectivity index (χ3v) is 5.28. The standard InChI is InChI=1S/C16H25N5S/c1-2-3-7-16-19-14(11-22-16)9-20-8-5-4-6-15(20)10-21-13-17-12-18-21/h11-13,15H,2-10H2,1H3/t15-/m1/s1. The predicted octanol–water partition coefficient (Wildman–Crippen LogP) is 3.13. The molecule has 1 aliphatic heterocycles. The Morgan fingerprint density at radius 2 is 2.32 bits per heavy atom. The molecule has 3 rings (SSSR count). The third kappa shape index (κ3) is 4.14. The molecule has 0 N–H and O–H groups in total. The Hall–Kier alpha value is -1.27. The summed E-state index contributed by atoms with van der Waals surface area (Å²) in [4.78, 5) is 11.4. The number of hydrogen-bond donors (Lipinski definition) is 0. The lowest BCUT2D eigenvalue weighted by molar-refractivity contribution is 0.120. The van der Waals surface area contributed by atoms with E-state index in [0.717, 1.165) is 19.5 Å². The van der Waals surface area contributed by atoms with E-state index in [4.69, 9.17) is 4.98 Å². The first-order chi connectivity index (χ1) is 10.8. The van der Waals surface area contributed by atoms with Crippen molar-refractivity contribution >= 4 is 11.3 Å². The molecule has 0 spiro atoms. The van der Waals surface area contributed by atoms with Crippen LogP contribution in [0.1, 0.15) is 49.7 Å². The van der Waals surface area contributed by atoms with Gasteiger partial charge in [-0.2, -0.15) is 5.10 Å². The zero-order chi connectivity index (χ0) is 15.2. The largest absolute Gasteiger partial charge is 0.293 e. The number of aryl methyl sites for hydroxylation is 1. The molecule has 1 fully saturated rings. The van der Waals surface area contributed by atoms with Crippen LogP contribution in [-0.4, -0.2) is 37.2 Å². The van der Waals surface area contributed by atoms with E-state index in [0.29, 0.717) is 6.04 Å². The molecule has 5 nitrogen and oxygen atoms in total. The average molecular weight is 319 g/mol. The van der Waals surface area contributed by atoms with Gasteiger partial charge in [0.05, 0.1) is 17.2 Å². The summed E-state index contributed by atoms with van der Waals surface area (Å²) < 4.78 is 1.96. The maximum atomic E-state index is 4.82. The van der Waals surface area contributed by atoms with E-state index in [9.17, 15) is 0 Å². The summed E-state index contributed by atoms with van der Waals surface area (Å²) in [7, 11) is 0. The zero-order valence-electron chi connectivity index (χ0n) is 13.3. The summed E-state index contributed by atoms with van der Waals surface area (Å²) in [5, 5.41) is 7.79. The van der Waals surface area contributed by atoms with E-state index in [-0.39, 0.29) is 0 Å². The minimum atomic E-state index is 0.552. The Balaban J connectivity index is 1.59. The van der Waals surface area contributed by atoms with Crippen LogP contribution in [0.25, 0.3) is 0 Å². The first kappa shape index (κ1) is 15.6. The van der Waals surface area contributed by atoms with Gasteiger partial charge in [0.1, 0.15) is 12.7 Å². The summed E-state index contributed by atoms with van der Waals surface area (Å²) >= 11 is 1.82. The van der Waals surface area contributed by atoms with Crippen LogP contribution < -0.4 is 0 Å². The SMILES string of the molecule is CCCCc1nc(CN2CCCC[C@@H]2Cn2cncn2)cs1. The van der Waals surface area contributed by atoms with E-state index in [1.165, 1.54) is 49.4 Å². The molecule has 1 aliphatic rings. The van der Waals surface area contributed by atoms with E-state index < -0.39 is 0 Å². The topological polar surface area (TPSA) is 46.8 Å². The van der Waals surface area contributed by atoms with Gasteiger partial charge in [0.25, 0.3) is 0 Å². The molecule has 6 heteroatoms. The molecular weight excluding hydrogens is 294 g/mol. The number of rotatable bonds is 7. The summed E-state index contributed by atoms with van der Waals surface area (Å²) in [6, 6.07) is 0.552. The van der Waals surface area contributed by atoms with Gasteiger partial charge in [0.2, 0.25) is 0 Å². The normalized spacial score (nSPS) is 19.6. The van der Waals surface area contributed by atoms with Crippen molar-refractivity contribution in [2.75, 3.05) is 6.54 Å². The first-order valence-electron chi connectivity index (χ1n) is 8.35. The maximum Gasteiger partial charge on any atom is 0.137 e. The molecule has 1 atom stereocenters. The Kier molecular flexibility index (Phi) is 5.56. The van der Waals surface area contributed by atoms with Crippen LogP contribution in [0.15, 0.2) is 18.0 Å². The van der Waals surface area contributed by atoms with Gasteiger partial charge in [0.15, 0.2) is 0 Å². The van der Waals surface area contributed by atoms with Gasteiger partial charge >= 0.3 is 0 Å². The van der Waals surface area contributed by atoms with Gasteiger partial charge in [-0.1, -0.05) is 19.8 Å². The van der Waals surface area contributed by atoms with Gasteiger partial charge in [0, 0.05) is 18.0 Å². The Morgan fingerprint density at radius 1 is 1.36 bits per heavy atom. The lowest BCUT2D eigenvalue weighted by atomic mass is 10.0. The zero-order valence-corrected chi connectivity index (χ0v) is 14.1. The molecule has 1 saturated heterocycles. The van der Waals surface area contributed by atoms with Gasteiger partial charge in [-0.25, -0.2) is 9.97 Å². The van der Waals surface area contributed by atoms with Crippen LogP contribution in [-0.2, 0) is 19.5 Å². The highest BCUT2D eigenvalue weighted by atomic mass is 32.1. The number of piperidine rings is 1. The molecule has 120 valence electrons. The van der Waals surface area contributed by atoms with E-state index in [2.05, 4.69) is 27.3 Å². The van der Waals surface area contributed by atoms with Gasteiger partial charge in [-0.05, 0) is 32.2 Å². The van der Waals surface area contributed by atoms with Crippen LogP contribution in [0.4, 0.5) is 0 Å². The highest BCUT2D eigenvalue weighted by Gasteiger charge is 2.23. The van der Waals surface area contributed by atoms with Crippen molar-refractivity contribution in [1.29, 1.82) is 0 Å². The minimum Gasteiger partial charge on any atom is -0.293 e. The highest BCUT2D eigenvalue weighted by Crippen LogP contribution is 2.22. The number of thiazole rings is 1. The van der Waals surface area contributed by atoms with Crippen molar-refractivity contribution in [3.63, 3.8) is 0 Å². The molecule has 0 unspecified atom stereocenters. The molecule has 0 aromatic carbocycles. The summed E-state index contributed by atoms with van der Waals surface area (Å²) in [5.41, 5.74) is 1.24. The highest BCUT2D eigenvalue weighted by molar-refractivity contribution is 7.09. The first-order valence-corrected chi connectivity index (χ1v) is 9.23. The van der Waals surface area contributed by atoms with Crippen LogP contribution >= 0.6 is 11.3 Å². The number of nitrogens with zero attached hydrogens (tertiary/aromatic N) is 5. The molecule has 0 saturated carbocycles. The number of unbranched alkanes of at least 4 members (excludes halogenated alkanes) is 1. The number of aromatic nitrogens is 4. The summed E-state index contributed by atoms with van der Waals surface area (Å²) in [6.07, 6.45) is 10.9. The maximum absolute atomic E-state index is 4.82. The second-order valence-corrected chi connectivity index (χ2v) is 7.02. The van der Waals surface area contributed by atoms with Crippen molar-refractivity contribution in [1.82, 2.24) is 24.6 Å². The lowest BCUT2D eigenvalue weighted by Crippen LogP contribution is -2.41. The molecule has 0 amide bonds. The quantitative estimate of drug-likeness (QED) is 0.786. The monoisotopic (exact) mass is 319 g/mol. The van der Waals surface area contributed by atoms with Gasteiger partial charge in [-0.15, -0.1) is 11.3 Å². The minimum absolute atomic E-state index is 0.552.